The van der Waals surface area contributed by atoms with Crippen LogP contribution in [0, 0.1) is 0 Å². The number of benzene rings is 1. The zero-order valence-electron chi connectivity index (χ0n) is 12.1. The van der Waals surface area contributed by atoms with Crippen LogP contribution in [0.2, 0.25) is 0 Å². The van der Waals surface area contributed by atoms with E-state index in [0.717, 1.165) is 26.1 Å². The molecule has 1 aromatic rings. The number of anilines is 1. The summed E-state index contributed by atoms with van der Waals surface area (Å²) in [6.07, 6.45) is 4.68. The minimum Gasteiger partial charge on any atom is -0.399 e. The number of nitrogens with two attached hydrogens (primary N) is 1. The summed E-state index contributed by atoms with van der Waals surface area (Å²) in [5.74, 6) is 0. The van der Waals surface area contributed by atoms with E-state index >= 15 is 0 Å². The van der Waals surface area contributed by atoms with Crippen molar-refractivity contribution in [3.63, 3.8) is 0 Å². The quantitative estimate of drug-likeness (QED) is 0.615. The molecule has 3 N–H and O–H groups in total. The van der Waals surface area contributed by atoms with Gasteiger partial charge in [0.1, 0.15) is 0 Å². The molecule has 0 bridgehead atoms. The number of rotatable bonds is 6. The van der Waals surface area contributed by atoms with Gasteiger partial charge in [0.2, 0.25) is 10.0 Å². The summed E-state index contributed by atoms with van der Waals surface area (Å²) < 4.78 is 26.7. The second-order valence-electron chi connectivity index (χ2n) is 5.22. The Morgan fingerprint density at radius 3 is 2.33 bits per heavy atom. The highest BCUT2D eigenvalue weighted by Crippen LogP contribution is 2.12. The van der Waals surface area contributed by atoms with Gasteiger partial charge in [0, 0.05) is 12.2 Å². The van der Waals surface area contributed by atoms with Crippen molar-refractivity contribution in [2.24, 2.45) is 0 Å². The summed E-state index contributed by atoms with van der Waals surface area (Å²) in [6.45, 7) is 3.73. The van der Waals surface area contributed by atoms with Crippen molar-refractivity contribution in [2.45, 2.75) is 30.6 Å². The molecule has 2 rings (SSSR count). The van der Waals surface area contributed by atoms with Crippen molar-refractivity contribution in [3.8, 4) is 0 Å². The van der Waals surface area contributed by atoms with Crippen LogP contribution in [-0.4, -0.2) is 39.5 Å². The van der Waals surface area contributed by atoms with E-state index in [1.54, 1.807) is 12.1 Å². The van der Waals surface area contributed by atoms with Crippen LogP contribution in [-0.2, 0) is 10.0 Å². The topological polar surface area (TPSA) is 75.4 Å². The average Bonchev–Trinajstić information content (AvgIpc) is 2.45. The van der Waals surface area contributed by atoms with Crippen LogP contribution < -0.4 is 10.5 Å². The molecule has 1 fully saturated rings. The van der Waals surface area contributed by atoms with E-state index in [2.05, 4.69) is 9.62 Å². The van der Waals surface area contributed by atoms with Crippen LogP contribution in [0.1, 0.15) is 25.7 Å². The zero-order chi connectivity index (χ0) is 14.4. The maximum Gasteiger partial charge on any atom is 0.240 e. The van der Waals surface area contributed by atoms with E-state index in [-0.39, 0.29) is 17.3 Å². The Kier molecular flexibility index (Phi) is 7.45. The second-order valence-corrected chi connectivity index (χ2v) is 6.99. The summed E-state index contributed by atoms with van der Waals surface area (Å²) in [5, 5.41) is 0. The largest absolute Gasteiger partial charge is 0.399 e. The lowest BCUT2D eigenvalue weighted by Crippen LogP contribution is -2.33. The first-order valence-electron chi connectivity index (χ1n) is 7.15. The normalized spacial score (nSPS) is 16.4. The first kappa shape index (κ1) is 18.2. The lowest BCUT2D eigenvalue weighted by atomic mass is 10.1. The van der Waals surface area contributed by atoms with E-state index in [4.69, 9.17) is 5.73 Å². The molecule has 5 nitrogen and oxygen atoms in total. The Balaban J connectivity index is 0.00000220. The molecule has 1 aliphatic heterocycles. The molecule has 1 heterocycles. The van der Waals surface area contributed by atoms with Gasteiger partial charge in [0.05, 0.1) is 4.90 Å². The number of sulfonamides is 1. The van der Waals surface area contributed by atoms with E-state index in [1.165, 1.54) is 31.4 Å². The molecular formula is C14H24ClN3O2S. The van der Waals surface area contributed by atoms with Crippen LogP contribution in [0.25, 0.3) is 0 Å². The van der Waals surface area contributed by atoms with Gasteiger partial charge in [0.25, 0.3) is 0 Å². The van der Waals surface area contributed by atoms with Crippen LogP contribution in [0.5, 0.6) is 0 Å². The van der Waals surface area contributed by atoms with E-state index < -0.39 is 10.0 Å². The van der Waals surface area contributed by atoms with E-state index in [9.17, 15) is 8.42 Å². The lowest BCUT2D eigenvalue weighted by molar-refractivity contribution is 0.227. The third-order valence-corrected chi connectivity index (χ3v) is 5.06. The Morgan fingerprint density at radius 1 is 1.10 bits per heavy atom. The number of hydrogen-bond donors (Lipinski definition) is 2. The predicted molar refractivity (Wildman–Crippen MR) is 88.2 cm³/mol. The monoisotopic (exact) mass is 333 g/mol. The highest BCUT2D eigenvalue weighted by molar-refractivity contribution is 7.89. The predicted octanol–water partition coefficient (Wildman–Crippen LogP) is 1.84. The van der Waals surface area contributed by atoms with Crippen molar-refractivity contribution in [2.75, 3.05) is 31.9 Å². The van der Waals surface area contributed by atoms with Gasteiger partial charge in [-0.3, -0.25) is 0 Å². The molecule has 1 aromatic carbocycles. The van der Waals surface area contributed by atoms with Crippen molar-refractivity contribution < 1.29 is 8.42 Å². The Labute approximate surface area is 133 Å². The molecule has 0 unspecified atom stereocenters. The molecule has 0 amide bonds. The highest BCUT2D eigenvalue weighted by atomic mass is 35.5. The molecule has 1 saturated heterocycles. The van der Waals surface area contributed by atoms with Crippen LogP contribution in [0.3, 0.4) is 0 Å². The lowest BCUT2D eigenvalue weighted by Gasteiger charge is -2.26. The van der Waals surface area contributed by atoms with Gasteiger partial charge in [-0.2, -0.15) is 0 Å². The summed E-state index contributed by atoms with van der Waals surface area (Å²) in [5.41, 5.74) is 6.12. The van der Waals surface area contributed by atoms with Gasteiger partial charge in [-0.1, -0.05) is 6.42 Å². The molecule has 1 aliphatic rings. The zero-order valence-corrected chi connectivity index (χ0v) is 13.8. The van der Waals surface area contributed by atoms with Gasteiger partial charge < -0.3 is 10.6 Å². The standard InChI is InChI=1S/C14H23N3O2S.ClH/c15-13-5-7-14(8-6-13)20(18,19)16-9-4-12-17-10-2-1-3-11-17;/h5-8,16H,1-4,9-12,15H2;1H. The minimum absolute atomic E-state index is 0. The third-order valence-electron chi connectivity index (χ3n) is 3.58. The first-order valence-corrected chi connectivity index (χ1v) is 8.64. The SMILES string of the molecule is Cl.Nc1ccc(S(=O)(=O)NCCCN2CCCCC2)cc1. The van der Waals surface area contributed by atoms with Crippen molar-refractivity contribution >= 4 is 28.1 Å². The van der Waals surface area contributed by atoms with Gasteiger partial charge in [-0.15, -0.1) is 12.4 Å². The molecule has 0 spiro atoms. The Hall–Kier alpha value is -0.820. The second kappa shape index (κ2) is 8.58. The van der Waals surface area contributed by atoms with Crippen LogP contribution in [0.15, 0.2) is 29.2 Å². The van der Waals surface area contributed by atoms with Gasteiger partial charge in [0.15, 0.2) is 0 Å². The fraction of sp³-hybridized carbons (Fsp3) is 0.571. The fourth-order valence-corrected chi connectivity index (χ4v) is 3.50. The molecule has 0 radical (unpaired) electrons. The number of nitrogens with zero attached hydrogens (tertiary/aromatic N) is 1. The number of nitrogens with one attached hydrogen (secondary N) is 1. The smallest absolute Gasteiger partial charge is 0.240 e. The summed E-state index contributed by atoms with van der Waals surface area (Å²) in [4.78, 5) is 2.67. The maximum absolute atomic E-state index is 12.0. The molecule has 0 aliphatic carbocycles. The number of halogens is 1. The van der Waals surface area contributed by atoms with Gasteiger partial charge >= 0.3 is 0 Å². The van der Waals surface area contributed by atoms with Crippen molar-refractivity contribution in [1.29, 1.82) is 0 Å². The fourth-order valence-electron chi connectivity index (χ4n) is 2.42. The number of piperidine rings is 1. The highest BCUT2D eigenvalue weighted by Gasteiger charge is 2.14. The van der Waals surface area contributed by atoms with E-state index in [1.807, 2.05) is 0 Å². The molecule has 120 valence electrons. The summed E-state index contributed by atoms with van der Waals surface area (Å²) in [6, 6.07) is 6.26. The van der Waals surface area contributed by atoms with Gasteiger partial charge in [-0.25, -0.2) is 13.1 Å². The van der Waals surface area contributed by atoms with Crippen LogP contribution in [0.4, 0.5) is 5.69 Å². The Morgan fingerprint density at radius 2 is 1.71 bits per heavy atom. The number of nitrogen functional groups attached to an aromatic ring is 1. The minimum atomic E-state index is -3.40. The number of likely N-dealkylation sites (tertiary alicyclic amines) is 1. The molecular weight excluding hydrogens is 310 g/mol. The molecule has 7 heteroatoms. The van der Waals surface area contributed by atoms with Gasteiger partial charge in [-0.05, 0) is 63.2 Å². The molecule has 0 atom stereocenters. The Bertz CT molecular complexity index is 514. The average molecular weight is 334 g/mol. The molecule has 21 heavy (non-hydrogen) atoms. The van der Waals surface area contributed by atoms with E-state index in [0.29, 0.717) is 12.2 Å². The summed E-state index contributed by atoms with van der Waals surface area (Å²) >= 11 is 0. The third kappa shape index (κ3) is 5.82. The summed E-state index contributed by atoms with van der Waals surface area (Å²) in [7, 11) is -3.40. The molecule has 0 saturated carbocycles. The molecule has 0 aromatic heterocycles. The van der Waals surface area contributed by atoms with Crippen molar-refractivity contribution in [3.05, 3.63) is 24.3 Å². The number of hydrogen-bond acceptors (Lipinski definition) is 4. The maximum atomic E-state index is 12.0. The van der Waals surface area contributed by atoms with Crippen molar-refractivity contribution in [1.82, 2.24) is 9.62 Å². The first-order chi connectivity index (χ1) is 9.58. The van der Waals surface area contributed by atoms with Crippen LogP contribution >= 0.6 is 12.4 Å².